The molecule has 0 aliphatic carbocycles. The third-order valence-corrected chi connectivity index (χ3v) is 5.53. The number of ether oxygens (including phenoxy) is 1. The van der Waals surface area contributed by atoms with Crippen molar-refractivity contribution in [3.05, 3.63) is 41.6 Å². The van der Waals surface area contributed by atoms with Crippen molar-refractivity contribution in [1.29, 1.82) is 0 Å². The van der Waals surface area contributed by atoms with Crippen LogP contribution in [0, 0.1) is 13.8 Å². The first-order valence-electron chi connectivity index (χ1n) is 10.4. The van der Waals surface area contributed by atoms with Crippen LogP contribution in [0.1, 0.15) is 24.1 Å². The van der Waals surface area contributed by atoms with E-state index < -0.39 is 0 Å². The molecule has 2 fully saturated rings. The molecule has 0 bridgehead atoms. The van der Waals surface area contributed by atoms with Gasteiger partial charge in [0.05, 0.1) is 0 Å². The molecule has 0 N–H and O–H groups in total. The molecule has 1 aromatic heterocycles. The van der Waals surface area contributed by atoms with Gasteiger partial charge in [-0.1, -0.05) is 12.1 Å². The normalized spacial score (nSPS) is 17.0. The van der Waals surface area contributed by atoms with Crippen LogP contribution in [-0.4, -0.2) is 66.7 Å². The summed E-state index contributed by atoms with van der Waals surface area (Å²) in [5, 5.41) is 0. The Bertz CT molecular complexity index is 858. The smallest absolute Gasteiger partial charge is 0.260 e. The Kier molecular flexibility index (Phi) is 5.83. The summed E-state index contributed by atoms with van der Waals surface area (Å²) in [4.78, 5) is 28.3. The number of carbonyl (C=O) groups excluding carboxylic acids is 1. The van der Waals surface area contributed by atoms with Crippen LogP contribution in [0.5, 0.6) is 5.75 Å². The van der Waals surface area contributed by atoms with Crippen LogP contribution in [0.25, 0.3) is 0 Å². The zero-order valence-electron chi connectivity index (χ0n) is 17.3. The van der Waals surface area contributed by atoms with E-state index in [4.69, 9.17) is 9.72 Å². The molecule has 1 amide bonds. The van der Waals surface area contributed by atoms with Crippen molar-refractivity contribution in [2.75, 3.05) is 55.7 Å². The molecule has 7 heteroatoms. The fourth-order valence-electron chi connectivity index (χ4n) is 3.88. The molecule has 2 saturated heterocycles. The highest BCUT2D eigenvalue weighted by atomic mass is 16.5. The highest BCUT2D eigenvalue weighted by Crippen LogP contribution is 2.22. The topological polar surface area (TPSA) is 61.8 Å². The minimum Gasteiger partial charge on any atom is -0.484 e. The molecule has 7 nitrogen and oxygen atoms in total. The van der Waals surface area contributed by atoms with Gasteiger partial charge >= 0.3 is 0 Å². The van der Waals surface area contributed by atoms with Gasteiger partial charge in [-0.2, -0.15) is 4.98 Å². The summed E-state index contributed by atoms with van der Waals surface area (Å²) in [7, 11) is 0. The van der Waals surface area contributed by atoms with E-state index in [0.717, 1.165) is 55.0 Å². The predicted molar refractivity (Wildman–Crippen MR) is 114 cm³/mol. The largest absolute Gasteiger partial charge is 0.484 e. The van der Waals surface area contributed by atoms with Crippen LogP contribution in [0.2, 0.25) is 0 Å². The number of anilines is 2. The van der Waals surface area contributed by atoms with Gasteiger partial charge in [-0.15, -0.1) is 0 Å². The van der Waals surface area contributed by atoms with Crippen LogP contribution in [-0.2, 0) is 4.79 Å². The number of hydrogen-bond donors (Lipinski definition) is 0. The number of benzene rings is 1. The second kappa shape index (κ2) is 8.68. The van der Waals surface area contributed by atoms with E-state index in [1.54, 1.807) is 0 Å². The Morgan fingerprint density at radius 3 is 2.45 bits per heavy atom. The summed E-state index contributed by atoms with van der Waals surface area (Å²) in [5.41, 5.74) is 2.11. The van der Waals surface area contributed by atoms with Gasteiger partial charge in [-0.25, -0.2) is 4.98 Å². The number of carbonyl (C=O) groups is 1. The summed E-state index contributed by atoms with van der Waals surface area (Å²) < 4.78 is 5.67. The summed E-state index contributed by atoms with van der Waals surface area (Å²) in [5.74, 6) is 2.57. The zero-order chi connectivity index (χ0) is 20.2. The Labute approximate surface area is 172 Å². The monoisotopic (exact) mass is 395 g/mol. The summed E-state index contributed by atoms with van der Waals surface area (Å²) in [6, 6.07) is 9.82. The number of hydrogen-bond acceptors (Lipinski definition) is 6. The third kappa shape index (κ3) is 4.78. The van der Waals surface area contributed by atoms with Crippen LogP contribution in [0.15, 0.2) is 30.3 Å². The number of aryl methyl sites for hydroxylation is 2. The van der Waals surface area contributed by atoms with E-state index in [1.807, 2.05) is 49.1 Å². The first-order valence-corrected chi connectivity index (χ1v) is 10.4. The fourth-order valence-corrected chi connectivity index (χ4v) is 3.88. The Balaban J connectivity index is 1.32. The van der Waals surface area contributed by atoms with Crippen molar-refractivity contribution in [2.24, 2.45) is 0 Å². The maximum atomic E-state index is 12.5. The van der Waals surface area contributed by atoms with Crippen LogP contribution in [0.3, 0.4) is 0 Å². The lowest BCUT2D eigenvalue weighted by Gasteiger charge is -2.35. The highest BCUT2D eigenvalue weighted by Gasteiger charge is 2.24. The maximum Gasteiger partial charge on any atom is 0.260 e. The van der Waals surface area contributed by atoms with Gasteiger partial charge in [0.25, 0.3) is 5.91 Å². The zero-order valence-corrected chi connectivity index (χ0v) is 17.3. The van der Waals surface area contributed by atoms with Crippen molar-refractivity contribution in [1.82, 2.24) is 14.9 Å². The molecule has 29 heavy (non-hydrogen) atoms. The second-order valence-corrected chi connectivity index (χ2v) is 7.83. The molecule has 0 radical (unpaired) electrons. The molecule has 0 atom stereocenters. The molecule has 154 valence electrons. The van der Waals surface area contributed by atoms with E-state index in [1.165, 1.54) is 12.8 Å². The molecule has 0 unspecified atom stereocenters. The maximum absolute atomic E-state index is 12.5. The van der Waals surface area contributed by atoms with Crippen LogP contribution in [0.4, 0.5) is 11.8 Å². The minimum absolute atomic E-state index is 0.0304. The van der Waals surface area contributed by atoms with Crippen LogP contribution >= 0.6 is 0 Å². The molecule has 2 aliphatic rings. The number of piperazine rings is 1. The van der Waals surface area contributed by atoms with Crippen molar-refractivity contribution >= 4 is 17.7 Å². The van der Waals surface area contributed by atoms with Crippen LogP contribution < -0.4 is 14.5 Å². The van der Waals surface area contributed by atoms with Crippen molar-refractivity contribution < 1.29 is 9.53 Å². The van der Waals surface area contributed by atoms with Crippen molar-refractivity contribution in [3.63, 3.8) is 0 Å². The Morgan fingerprint density at radius 2 is 1.72 bits per heavy atom. The number of nitrogens with zero attached hydrogens (tertiary/aromatic N) is 5. The SMILES string of the molecule is Cc1cccc(OCC(=O)N2CCN(c3cc(C)nc(N4CCCC4)n3)CC2)c1. The van der Waals surface area contributed by atoms with Gasteiger partial charge in [0, 0.05) is 51.0 Å². The molecule has 0 spiro atoms. The Morgan fingerprint density at radius 1 is 0.966 bits per heavy atom. The van der Waals surface area contributed by atoms with E-state index in [2.05, 4.69) is 14.8 Å². The van der Waals surface area contributed by atoms with Crippen molar-refractivity contribution in [2.45, 2.75) is 26.7 Å². The van der Waals surface area contributed by atoms with Gasteiger partial charge in [-0.05, 0) is 44.4 Å². The molecule has 2 aliphatic heterocycles. The average Bonchev–Trinajstić information content (AvgIpc) is 3.27. The number of aromatic nitrogens is 2. The van der Waals surface area contributed by atoms with E-state index in [9.17, 15) is 4.79 Å². The van der Waals surface area contributed by atoms with E-state index in [-0.39, 0.29) is 12.5 Å². The number of rotatable bonds is 5. The second-order valence-electron chi connectivity index (χ2n) is 7.83. The highest BCUT2D eigenvalue weighted by molar-refractivity contribution is 5.78. The van der Waals surface area contributed by atoms with Crippen molar-refractivity contribution in [3.8, 4) is 5.75 Å². The molecule has 0 saturated carbocycles. The molecular weight excluding hydrogens is 366 g/mol. The van der Waals surface area contributed by atoms with E-state index >= 15 is 0 Å². The molecule has 2 aromatic rings. The van der Waals surface area contributed by atoms with Gasteiger partial charge in [-0.3, -0.25) is 4.79 Å². The average molecular weight is 396 g/mol. The Hall–Kier alpha value is -2.83. The fraction of sp³-hybridized carbons (Fsp3) is 0.500. The lowest BCUT2D eigenvalue weighted by molar-refractivity contribution is -0.133. The molecule has 1 aromatic carbocycles. The predicted octanol–water partition coefficient (Wildman–Crippen LogP) is 2.42. The lowest BCUT2D eigenvalue weighted by atomic mass is 10.2. The summed E-state index contributed by atoms with van der Waals surface area (Å²) in [6.45, 7) is 9.08. The quantitative estimate of drug-likeness (QED) is 0.775. The van der Waals surface area contributed by atoms with Gasteiger partial charge in [0.1, 0.15) is 11.6 Å². The van der Waals surface area contributed by atoms with Gasteiger partial charge in [0.2, 0.25) is 5.95 Å². The molecule has 4 rings (SSSR count). The first-order chi connectivity index (χ1) is 14.1. The molecular formula is C22H29N5O2. The molecule has 3 heterocycles. The third-order valence-electron chi connectivity index (χ3n) is 5.53. The summed E-state index contributed by atoms with van der Waals surface area (Å²) in [6.07, 6.45) is 2.41. The van der Waals surface area contributed by atoms with E-state index in [0.29, 0.717) is 13.1 Å². The minimum atomic E-state index is 0.0304. The summed E-state index contributed by atoms with van der Waals surface area (Å²) >= 11 is 0. The van der Waals surface area contributed by atoms with Gasteiger partial charge < -0.3 is 19.4 Å². The first kappa shape index (κ1) is 19.5. The lowest BCUT2D eigenvalue weighted by Crippen LogP contribution is -2.50. The number of amides is 1. The van der Waals surface area contributed by atoms with Gasteiger partial charge in [0.15, 0.2) is 6.61 Å². The standard InChI is InChI=1S/C22H29N5O2/c1-17-6-5-7-19(14-17)29-16-21(28)26-12-10-25(11-13-26)20-15-18(2)23-22(24-20)27-8-3-4-9-27/h5-7,14-15H,3-4,8-13,16H2,1-2H3.